The average Bonchev–Trinajstić information content (AvgIpc) is 3.02. The van der Waals surface area contributed by atoms with Crippen LogP contribution in [0, 0.1) is 0 Å². The third kappa shape index (κ3) is 2.26. The molecule has 8 nitrogen and oxygen atoms in total. The van der Waals surface area contributed by atoms with Crippen molar-refractivity contribution < 1.29 is 14.9 Å². The molecule has 3 heterocycles. The molecule has 2 aromatic heterocycles. The zero-order chi connectivity index (χ0) is 15.1. The van der Waals surface area contributed by atoms with E-state index in [9.17, 15) is 10.2 Å². The minimum Gasteiger partial charge on any atom is -0.394 e. The van der Waals surface area contributed by atoms with Crippen LogP contribution in [0.1, 0.15) is 19.0 Å². The summed E-state index contributed by atoms with van der Waals surface area (Å²) in [5, 5.41) is 18.7. The van der Waals surface area contributed by atoms with Crippen LogP contribution in [0.2, 0.25) is 0 Å². The van der Waals surface area contributed by atoms with Crippen LogP contribution in [0.3, 0.4) is 0 Å². The third-order valence-corrected chi connectivity index (χ3v) is 4.16. The van der Waals surface area contributed by atoms with Gasteiger partial charge in [0.1, 0.15) is 17.4 Å². The molecule has 1 aliphatic heterocycles. The van der Waals surface area contributed by atoms with Gasteiger partial charge in [-0.05, 0) is 0 Å². The van der Waals surface area contributed by atoms with Crippen molar-refractivity contribution in [1.82, 2.24) is 19.5 Å². The number of fused-ring (bicyclic) bond motifs is 1. The minimum absolute atomic E-state index is 0.279. The largest absolute Gasteiger partial charge is 0.394 e. The highest BCUT2D eigenvalue weighted by atomic mass is 32.1. The van der Waals surface area contributed by atoms with Crippen LogP contribution in [-0.2, 0) is 11.2 Å². The van der Waals surface area contributed by atoms with Crippen molar-refractivity contribution in [2.24, 2.45) is 0 Å². The Hall–Kier alpha value is -1.42. The number of aryl methyl sites for hydroxylation is 1. The molecular formula is C12H17N5O3S. The topological polar surface area (TPSA) is 119 Å². The van der Waals surface area contributed by atoms with Crippen molar-refractivity contribution in [2.45, 2.75) is 37.0 Å². The van der Waals surface area contributed by atoms with E-state index in [0.717, 1.165) is 0 Å². The number of aromatic nitrogens is 4. The maximum atomic E-state index is 10.0. The number of ether oxygens (including phenoxy) is 1. The smallest absolute Gasteiger partial charge is 0.167 e. The summed E-state index contributed by atoms with van der Waals surface area (Å²) in [6.45, 7) is 1.65. The van der Waals surface area contributed by atoms with E-state index in [2.05, 4.69) is 27.6 Å². The van der Waals surface area contributed by atoms with Crippen LogP contribution in [0.15, 0.2) is 6.33 Å². The normalized spacial score (nSPS) is 29.3. The lowest BCUT2D eigenvalue weighted by Gasteiger charge is -2.17. The summed E-state index contributed by atoms with van der Waals surface area (Å²) in [5.41, 5.74) is 6.90. The van der Waals surface area contributed by atoms with E-state index in [1.54, 1.807) is 4.57 Å². The van der Waals surface area contributed by atoms with Crippen molar-refractivity contribution in [2.75, 3.05) is 12.3 Å². The van der Waals surface area contributed by atoms with Gasteiger partial charge >= 0.3 is 0 Å². The minimum atomic E-state index is -0.870. The Morgan fingerprint density at radius 3 is 2.86 bits per heavy atom. The number of hydrogen-bond acceptors (Lipinski definition) is 8. The number of imidazole rings is 1. The number of aliphatic hydroxyl groups excluding tert-OH is 2. The molecule has 9 heteroatoms. The van der Waals surface area contributed by atoms with E-state index in [1.807, 2.05) is 6.92 Å². The molecule has 1 fully saturated rings. The number of nitrogens with two attached hydrogens (primary N) is 1. The Morgan fingerprint density at radius 2 is 2.24 bits per heavy atom. The first-order chi connectivity index (χ1) is 10.1. The number of thiol groups is 1. The first-order valence-corrected chi connectivity index (χ1v) is 7.19. The average molecular weight is 311 g/mol. The quantitative estimate of drug-likeness (QED) is 0.565. The summed E-state index contributed by atoms with van der Waals surface area (Å²) in [5.74, 6) is 0.915. The highest BCUT2D eigenvalue weighted by molar-refractivity contribution is 7.81. The number of anilines is 1. The van der Waals surface area contributed by atoms with Crippen molar-refractivity contribution in [3.05, 3.63) is 12.2 Å². The lowest BCUT2D eigenvalue weighted by atomic mass is 10.2. The Kier molecular flexibility index (Phi) is 3.74. The molecule has 0 unspecified atom stereocenters. The molecule has 0 aliphatic carbocycles. The Balaban J connectivity index is 2.07. The standard InChI is InChI=1S/C12H17N5O3S/c1-2-6-15-10(13)7-11(16-6)17(4-14-7)12-9(21)8(19)5(3-18)20-12/h4-5,8-9,12,18-19,21H,2-3H2,1H3,(H2,13,15,16)/t5-,8-,9-,12-/m1/s1. The maximum Gasteiger partial charge on any atom is 0.167 e. The van der Waals surface area contributed by atoms with Gasteiger partial charge in [0.25, 0.3) is 0 Å². The molecule has 0 aromatic carbocycles. The molecule has 4 atom stereocenters. The van der Waals surface area contributed by atoms with E-state index < -0.39 is 23.7 Å². The van der Waals surface area contributed by atoms with Gasteiger partial charge in [-0.25, -0.2) is 15.0 Å². The SMILES string of the molecule is CCc1nc(N)c2ncn([C@@H]3O[C@H](CO)[C@@H](O)[C@H]3S)c2n1. The summed E-state index contributed by atoms with van der Waals surface area (Å²) < 4.78 is 7.32. The zero-order valence-electron chi connectivity index (χ0n) is 11.4. The van der Waals surface area contributed by atoms with Gasteiger partial charge in [0.2, 0.25) is 0 Å². The van der Waals surface area contributed by atoms with Gasteiger partial charge in [0, 0.05) is 6.42 Å². The molecule has 4 N–H and O–H groups in total. The lowest BCUT2D eigenvalue weighted by Crippen LogP contribution is -2.30. The lowest BCUT2D eigenvalue weighted by molar-refractivity contribution is -0.0430. The monoisotopic (exact) mass is 311 g/mol. The second kappa shape index (κ2) is 5.41. The van der Waals surface area contributed by atoms with Gasteiger partial charge in [0.15, 0.2) is 17.7 Å². The fourth-order valence-corrected chi connectivity index (χ4v) is 2.85. The third-order valence-electron chi connectivity index (χ3n) is 3.60. The number of aliphatic hydroxyl groups is 2. The second-order valence-corrected chi connectivity index (χ2v) is 5.53. The zero-order valence-corrected chi connectivity index (χ0v) is 12.3. The van der Waals surface area contributed by atoms with Crippen LogP contribution in [0.5, 0.6) is 0 Å². The van der Waals surface area contributed by atoms with Gasteiger partial charge in [-0.3, -0.25) is 4.57 Å². The van der Waals surface area contributed by atoms with E-state index in [4.69, 9.17) is 10.5 Å². The van der Waals surface area contributed by atoms with Crippen molar-refractivity contribution in [3.8, 4) is 0 Å². The van der Waals surface area contributed by atoms with Crippen molar-refractivity contribution in [3.63, 3.8) is 0 Å². The van der Waals surface area contributed by atoms with Gasteiger partial charge in [-0.15, -0.1) is 0 Å². The molecular weight excluding hydrogens is 294 g/mol. The predicted octanol–water partition coefficient (Wildman–Crippen LogP) is -0.480. The Labute approximate surface area is 126 Å². The number of nitrogen functional groups attached to an aromatic ring is 1. The second-order valence-electron chi connectivity index (χ2n) is 4.93. The van der Waals surface area contributed by atoms with Gasteiger partial charge in [0.05, 0.1) is 24.3 Å². The highest BCUT2D eigenvalue weighted by Crippen LogP contribution is 2.35. The molecule has 1 saturated heterocycles. The maximum absolute atomic E-state index is 10.0. The predicted molar refractivity (Wildman–Crippen MR) is 78.9 cm³/mol. The van der Waals surface area contributed by atoms with Gasteiger partial charge in [-0.2, -0.15) is 12.6 Å². The Bertz CT molecular complexity index is 664. The van der Waals surface area contributed by atoms with Crippen LogP contribution in [0.25, 0.3) is 11.2 Å². The van der Waals surface area contributed by atoms with Crippen LogP contribution < -0.4 is 5.73 Å². The summed E-state index contributed by atoms with van der Waals surface area (Å²) in [4.78, 5) is 12.8. The van der Waals surface area contributed by atoms with Crippen molar-refractivity contribution in [1.29, 1.82) is 0 Å². The number of hydrogen-bond donors (Lipinski definition) is 4. The molecule has 0 radical (unpaired) electrons. The number of nitrogens with zero attached hydrogens (tertiary/aromatic N) is 4. The van der Waals surface area contributed by atoms with E-state index in [1.165, 1.54) is 6.33 Å². The van der Waals surface area contributed by atoms with Gasteiger partial charge < -0.3 is 20.7 Å². The fourth-order valence-electron chi connectivity index (χ4n) is 2.44. The summed E-state index contributed by atoms with van der Waals surface area (Å²) >= 11 is 4.37. The first-order valence-electron chi connectivity index (χ1n) is 6.68. The summed E-state index contributed by atoms with van der Waals surface area (Å²) in [6, 6.07) is 0. The van der Waals surface area contributed by atoms with E-state index in [0.29, 0.717) is 29.2 Å². The Morgan fingerprint density at radius 1 is 1.48 bits per heavy atom. The molecule has 114 valence electrons. The molecule has 2 aromatic rings. The molecule has 1 aliphatic rings. The summed E-state index contributed by atoms with van der Waals surface area (Å²) in [7, 11) is 0. The molecule has 21 heavy (non-hydrogen) atoms. The van der Waals surface area contributed by atoms with E-state index >= 15 is 0 Å². The highest BCUT2D eigenvalue weighted by Gasteiger charge is 2.43. The van der Waals surface area contributed by atoms with Crippen LogP contribution in [0.4, 0.5) is 5.82 Å². The first kappa shape index (κ1) is 14.5. The van der Waals surface area contributed by atoms with Crippen LogP contribution >= 0.6 is 12.6 Å². The van der Waals surface area contributed by atoms with Gasteiger partial charge in [-0.1, -0.05) is 6.92 Å². The molecule has 0 amide bonds. The molecule has 0 saturated carbocycles. The van der Waals surface area contributed by atoms with Crippen LogP contribution in [-0.4, -0.2) is 53.8 Å². The van der Waals surface area contributed by atoms with E-state index in [-0.39, 0.29) is 6.61 Å². The van der Waals surface area contributed by atoms with Crippen molar-refractivity contribution >= 4 is 29.6 Å². The molecule has 0 spiro atoms. The summed E-state index contributed by atoms with van der Waals surface area (Å²) in [6.07, 6.45) is 0.0494. The number of rotatable bonds is 3. The molecule has 0 bridgehead atoms. The fraction of sp³-hybridized carbons (Fsp3) is 0.583. The molecule has 3 rings (SSSR count).